The largest absolute Gasteiger partial charge is 0.388 e. The summed E-state index contributed by atoms with van der Waals surface area (Å²) in [5, 5.41) is 11.8. The molecule has 1 aliphatic carbocycles. The van der Waals surface area contributed by atoms with Crippen LogP contribution >= 0.6 is 23.1 Å². The van der Waals surface area contributed by atoms with Gasteiger partial charge in [-0.2, -0.15) is 11.8 Å². The van der Waals surface area contributed by atoms with Crippen LogP contribution in [0.2, 0.25) is 0 Å². The zero-order valence-electron chi connectivity index (χ0n) is 8.61. The molecule has 82 valence electrons. The number of aliphatic hydroxyl groups excluding tert-OH is 1. The average molecular weight is 241 g/mol. The molecule has 0 amide bonds. The molecule has 2 nitrogen and oxygen atoms in total. The van der Waals surface area contributed by atoms with Gasteiger partial charge in [0, 0.05) is 0 Å². The van der Waals surface area contributed by atoms with Crippen LogP contribution in [-0.4, -0.2) is 15.8 Å². The Morgan fingerprint density at radius 3 is 2.93 bits per heavy atom. The summed E-state index contributed by atoms with van der Waals surface area (Å²) in [6, 6.07) is 0. The summed E-state index contributed by atoms with van der Waals surface area (Å²) >= 11 is 3.79. The highest BCUT2D eigenvalue weighted by Crippen LogP contribution is 2.44. The molecule has 0 saturated carbocycles. The second-order valence-corrected chi connectivity index (χ2v) is 6.65. The van der Waals surface area contributed by atoms with E-state index in [4.69, 9.17) is 4.98 Å². The topological polar surface area (TPSA) is 33.1 Å². The van der Waals surface area contributed by atoms with E-state index < -0.39 is 0 Å². The first-order valence-corrected chi connectivity index (χ1v) is 7.50. The molecule has 2 atom stereocenters. The Morgan fingerprint density at radius 2 is 2.20 bits per heavy atom. The summed E-state index contributed by atoms with van der Waals surface area (Å²) in [4.78, 5) is 5.88. The fraction of sp³-hybridized carbons (Fsp3) is 0.727. The molecule has 2 heterocycles. The van der Waals surface area contributed by atoms with E-state index >= 15 is 0 Å². The number of thioether (sulfide) groups is 1. The molecule has 0 aromatic carbocycles. The van der Waals surface area contributed by atoms with Crippen molar-refractivity contribution in [1.82, 2.24) is 4.98 Å². The normalized spacial score (nSPS) is 30.5. The lowest BCUT2D eigenvalue weighted by Gasteiger charge is -2.14. The summed E-state index contributed by atoms with van der Waals surface area (Å²) < 4.78 is 0. The molecule has 0 radical (unpaired) electrons. The Morgan fingerprint density at radius 1 is 1.27 bits per heavy atom. The van der Waals surface area contributed by atoms with Gasteiger partial charge < -0.3 is 5.11 Å². The van der Waals surface area contributed by atoms with E-state index in [9.17, 15) is 5.11 Å². The van der Waals surface area contributed by atoms with Crippen molar-refractivity contribution in [3.63, 3.8) is 0 Å². The molecule has 1 aromatic rings. The third-order valence-corrected chi connectivity index (χ3v) is 5.99. The predicted molar refractivity (Wildman–Crippen MR) is 64.4 cm³/mol. The molecular weight excluding hydrogens is 226 g/mol. The molecule has 4 heteroatoms. The molecule has 1 aliphatic heterocycles. The number of aryl methyl sites for hydroxylation is 1. The minimum absolute atomic E-state index is 0.230. The van der Waals surface area contributed by atoms with E-state index in [-0.39, 0.29) is 6.10 Å². The first kappa shape index (κ1) is 10.1. The van der Waals surface area contributed by atoms with Gasteiger partial charge in [0.25, 0.3) is 0 Å². The summed E-state index contributed by atoms with van der Waals surface area (Å²) in [5.41, 5.74) is 1.18. The summed E-state index contributed by atoms with van der Waals surface area (Å²) in [6.07, 6.45) is 5.45. The lowest BCUT2D eigenvalue weighted by Crippen LogP contribution is -2.06. The van der Waals surface area contributed by atoms with Gasteiger partial charge in [0.1, 0.15) is 5.01 Å². The van der Waals surface area contributed by atoms with Gasteiger partial charge in [-0.3, -0.25) is 0 Å². The molecular formula is C11H15NOS2. The summed E-state index contributed by atoms with van der Waals surface area (Å²) in [7, 11) is 0. The number of aromatic nitrogens is 1. The summed E-state index contributed by atoms with van der Waals surface area (Å²) in [5.74, 6) is 1.28. The second kappa shape index (κ2) is 4.07. The van der Waals surface area contributed by atoms with E-state index in [1.165, 1.54) is 29.3 Å². The molecule has 1 fully saturated rings. The maximum absolute atomic E-state index is 9.88. The highest BCUT2D eigenvalue weighted by atomic mass is 32.2. The van der Waals surface area contributed by atoms with Crippen LogP contribution in [0.3, 0.4) is 0 Å². The quantitative estimate of drug-likeness (QED) is 0.820. The smallest absolute Gasteiger partial charge is 0.106 e. The highest BCUT2D eigenvalue weighted by molar-refractivity contribution is 7.99. The number of rotatable bonds is 1. The fourth-order valence-electron chi connectivity index (χ4n) is 2.33. The minimum atomic E-state index is -0.230. The SMILES string of the molecule is OC1CCCc2nc(C3CCCS3)sc21. The Bertz CT molecular complexity index is 357. The van der Waals surface area contributed by atoms with Crippen molar-refractivity contribution in [2.75, 3.05) is 5.75 Å². The van der Waals surface area contributed by atoms with E-state index in [1.807, 2.05) is 11.8 Å². The van der Waals surface area contributed by atoms with E-state index in [2.05, 4.69) is 0 Å². The van der Waals surface area contributed by atoms with Gasteiger partial charge in [-0.1, -0.05) is 0 Å². The van der Waals surface area contributed by atoms with Gasteiger partial charge in [0.05, 0.1) is 21.9 Å². The van der Waals surface area contributed by atoms with Crippen LogP contribution in [0.1, 0.15) is 52.6 Å². The molecule has 1 aromatic heterocycles. The number of hydrogen-bond acceptors (Lipinski definition) is 4. The molecule has 2 aliphatic rings. The molecule has 2 unspecified atom stereocenters. The first-order chi connectivity index (χ1) is 7.34. The predicted octanol–water partition coefficient (Wildman–Crippen LogP) is 3.08. The Hall–Kier alpha value is -0.0600. The second-order valence-electron chi connectivity index (χ2n) is 4.27. The van der Waals surface area contributed by atoms with Crippen LogP contribution in [0.5, 0.6) is 0 Å². The van der Waals surface area contributed by atoms with Crippen molar-refractivity contribution in [3.8, 4) is 0 Å². The lowest BCUT2D eigenvalue weighted by atomic mass is 10.0. The van der Waals surface area contributed by atoms with Gasteiger partial charge in [-0.25, -0.2) is 4.98 Å². The minimum Gasteiger partial charge on any atom is -0.388 e. The molecule has 3 rings (SSSR count). The summed E-state index contributed by atoms with van der Waals surface area (Å²) in [6.45, 7) is 0. The highest BCUT2D eigenvalue weighted by Gasteiger charge is 2.27. The Kier molecular flexibility index (Phi) is 2.75. The van der Waals surface area contributed by atoms with Crippen LogP contribution in [0.15, 0.2) is 0 Å². The fourth-order valence-corrected chi connectivity index (χ4v) is 4.97. The Balaban J connectivity index is 1.90. The van der Waals surface area contributed by atoms with Crippen molar-refractivity contribution in [1.29, 1.82) is 0 Å². The number of hydrogen-bond donors (Lipinski definition) is 1. The van der Waals surface area contributed by atoms with Crippen molar-refractivity contribution in [3.05, 3.63) is 15.6 Å². The zero-order chi connectivity index (χ0) is 10.3. The van der Waals surface area contributed by atoms with Crippen molar-refractivity contribution >= 4 is 23.1 Å². The van der Waals surface area contributed by atoms with E-state index in [0.29, 0.717) is 5.25 Å². The van der Waals surface area contributed by atoms with Crippen molar-refractivity contribution < 1.29 is 5.11 Å². The van der Waals surface area contributed by atoms with Crippen LogP contribution < -0.4 is 0 Å². The van der Waals surface area contributed by atoms with Crippen LogP contribution in [-0.2, 0) is 6.42 Å². The molecule has 1 N–H and O–H groups in total. The van der Waals surface area contributed by atoms with Gasteiger partial charge in [0.2, 0.25) is 0 Å². The first-order valence-electron chi connectivity index (χ1n) is 5.64. The molecule has 15 heavy (non-hydrogen) atoms. The maximum atomic E-state index is 9.88. The van der Waals surface area contributed by atoms with Crippen molar-refractivity contribution in [2.45, 2.75) is 43.5 Å². The lowest BCUT2D eigenvalue weighted by molar-refractivity contribution is 0.160. The zero-order valence-corrected chi connectivity index (χ0v) is 10.2. The Labute approximate surface area is 98.1 Å². The third kappa shape index (κ3) is 1.83. The number of nitrogens with zero attached hydrogens (tertiary/aromatic N) is 1. The molecule has 1 saturated heterocycles. The monoisotopic (exact) mass is 241 g/mol. The van der Waals surface area contributed by atoms with Crippen LogP contribution in [0.4, 0.5) is 0 Å². The van der Waals surface area contributed by atoms with Crippen LogP contribution in [0.25, 0.3) is 0 Å². The molecule has 0 spiro atoms. The number of fused-ring (bicyclic) bond motifs is 1. The van der Waals surface area contributed by atoms with E-state index in [1.54, 1.807) is 11.3 Å². The molecule has 0 bridgehead atoms. The maximum Gasteiger partial charge on any atom is 0.106 e. The van der Waals surface area contributed by atoms with Gasteiger partial charge >= 0.3 is 0 Å². The standard InChI is InChI=1S/C11H15NOS2/c13-8-4-1-3-7-10(8)15-11(12-7)9-5-2-6-14-9/h8-9,13H,1-6H2. The third-order valence-electron chi connectivity index (χ3n) is 3.14. The number of aliphatic hydroxyl groups is 1. The van der Waals surface area contributed by atoms with Crippen LogP contribution in [0, 0.1) is 0 Å². The van der Waals surface area contributed by atoms with Crippen molar-refractivity contribution in [2.24, 2.45) is 0 Å². The number of thiazole rings is 1. The van der Waals surface area contributed by atoms with Gasteiger partial charge in [0.15, 0.2) is 0 Å². The van der Waals surface area contributed by atoms with Gasteiger partial charge in [-0.05, 0) is 37.9 Å². The average Bonchev–Trinajstić information content (AvgIpc) is 2.86. The van der Waals surface area contributed by atoms with Gasteiger partial charge in [-0.15, -0.1) is 11.3 Å². The van der Waals surface area contributed by atoms with E-state index in [0.717, 1.165) is 24.1 Å².